The van der Waals surface area contributed by atoms with Crippen LogP contribution in [0.2, 0.25) is 0 Å². The predicted octanol–water partition coefficient (Wildman–Crippen LogP) is 5.04. The highest BCUT2D eigenvalue weighted by molar-refractivity contribution is 7.45. The summed E-state index contributed by atoms with van der Waals surface area (Å²) in [5.41, 5.74) is 3.38. The molecule has 0 bridgehead atoms. The van der Waals surface area contributed by atoms with Gasteiger partial charge in [-0.25, -0.2) is 4.57 Å². The average molecular weight is 366 g/mol. The normalized spacial score (nSPS) is 11.6. The van der Waals surface area contributed by atoms with Gasteiger partial charge in [0.15, 0.2) is 0 Å². The zero-order chi connectivity index (χ0) is 19.7. The molecule has 0 saturated carbocycles. The topological polar surface area (TPSA) is 77.8 Å². The molecule has 0 spiro atoms. The molecule has 3 N–H and O–H groups in total. The first-order valence-corrected chi connectivity index (χ1v) is 9.67. The Bertz CT molecular complexity index is 577. The van der Waals surface area contributed by atoms with Crippen molar-refractivity contribution in [3.05, 3.63) is 71.8 Å². The van der Waals surface area contributed by atoms with Crippen LogP contribution in [-0.4, -0.2) is 14.7 Å². The summed E-state index contributed by atoms with van der Waals surface area (Å²) in [6.07, 6.45) is 0. The van der Waals surface area contributed by atoms with E-state index in [-0.39, 0.29) is 0 Å². The van der Waals surface area contributed by atoms with Gasteiger partial charge in [-0.15, -0.1) is 0 Å². The van der Waals surface area contributed by atoms with Crippen LogP contribution in [0.15, 0.2) is 60.7 Å². The third-order valence-electron chi connectivity index (χ3n) is 3.28. The summed E-state index contributed by atoms with van der Waals surface area (Å²) in [7, 11) is -4.64. The zero-order valence-electron chi connectivity index (χ0n) is 16.0. The van der Waals surface area contributed by atoms with E-state index in [2.05, 4.69) is 102 Å². The van der Waals surface area contributed by atoms with Crippen LogP contribution in [0, 0.1) is 0 Å². The van der Waals surface area contributed by atoms with E-state index in [4.69, 9.17) is 19.2 Å². The third kappa shape index (κ3) is 13.5. The molecule has 0 aliphatic rings. The lowest BCUT2D eigenvalue weighted by Crippen LogP contribution is -2.10. The van der Waals surface area contributed by atoms with Gasteiger partial charge in [-0.05, 0) is 22.0 Å². The molecule has 0 aromatic heterocycles. The third-order valence-corrected chi connectivity index (χ3v) is 3.28. The molecule has 0 aliphatic carbocycles. The summed E-state index contributed by atoms with van der Waals surface area (Å²) in [6, 6.07) is 21.1. The van der Waals surface area contributed by atoms with Crippen LogP contribution in [0.1, 0.15) is 52.7 Å². The van der Waals surface area contributed by atoms with E-state index in [1.165, 1.54) is 11.1 Å². The van der Waals surface area contributed by atoms with Gasteiger partial charge < -0.3 is 14.7 Å². The summed E-state index contributed by atoms with van der Waals surface area (Å²) < 4.78 is 8.88. The minimum atomic E-state index is -4.64. The van der Waals surface area contributed by atoms with Crippen molar-refractivity contribution < 1.29 is 19.2 Å². The molecule has 0 aliphatic heterocycles. The number of rotatable bonds is 0. The SMILES string of the molecule is CC(C)(C)c1ccccc1.CC(C)(C)c1ccccc1.O=P(O)(O)O. The van der Waals surface area contributed by atoms with Crippen molar-refractivity contribution in [2.45, 2.75) is 52.4 Å². The fourth-order valence-corrected chi connectivity index (χ4v) is 1.88. The zero-order valence-corrected chi connectivity index (χ0v) is 16.9. The van der Waals surface area contributed by atoms with Gasteiger partial charge in [-0.1, -0.05) is 102 Å². The van der Waals surface area contributed by atoms with E-state index < -0.39 is 7.82 Å². The molecule has 2 rings (SSSR count). The second-order valence-corrected chi connectivity index (χ2v) is 8.77. The number of phosphoric acid groups is 1. The standard InChI is InChI=1S/2C10H14.H3O4P/c2*1-10(2,3)9-7-5-4-6-8-9;1-5(2,3)4/h2*4-8H,1-3H3;(H3,1,2,3,4). The molecule has 2 aromatic carbocycles. The molecule has 0 unspecified atom stereocenters. The minimum Gasteiger partial charge on any atom is -0.303 e. The average Bonchev–Trinajstić information content (AvgIpc) is 2.46. The Morgan fingerprint density at radius 2 is 0.800 bits per heavy atom. The lowest BCUT2D eigenvalue weighted by molar-refractivity contribution is 0.275. The maximum Gasteiger partial charge on any atom is 0.466 e. The summed E-state index contributed by atoms with van der Waals surface area (Å²) in [5, 5.41) is 0. The van der Waals surface area contributed by atoms with Gasteiger partial charge in [-0.2, -0.15) is 0 Å². The maximum absolute atomic E-state index is 8.88. The molecule has 4 nitrogen and oxygen atoms in total. The first-order valence-electron chi connectivity index (χ1n) is 8.10. The summed E-state index contributed by atoms with van der Waals surface area (Å²) in [5.74, 6) is 0. The number of hydrogen-bond acceptors (Lipinski definition) is 1. The number of benzene rings is 2. The Balaban J connectivity index is 0.000000368. The van der Waals surface area contributed by atoms with E-state index in [9.17, 15) is 0 Å². The summed E-state index contributed by atoms with van der Waals surface area (Å²) in [6.45, 7) is 13.3. The molecule has 2 aromatic rings. The Morgan fingerprint density at radius 3 is 0.920 bits per heavy atom. The van der Waals surface area contributed by atoms with Crippen molar-refractivity contribution in [1.29, 1.82) is 0 Å². The molecular formula is C20H31O4P. The number of hydrogen-bond donors (Lipinski definition) is 3. The molecule has 0 heterocycles. The van der Waals surface area contributed by atoms with Crippen molar-refractivity contribution >= 4 is 7.82 Å². The minimum absolute atomic E-state index is 0.293. The highest BCUT2D eigenvalue weighted by Gasteiger charge is 2.12. The van der Waals surface area contributed by atoms with E-state index in [1.807, 2.05) is 0 Å². The van der Waals surface area contributed by atoms with Gasteiger partial charge in [0.2, 0.25) is 0 Å². The molecule has 0 fully saturated rings. The molecule has 25 heavy (non-hydrogen) atoms. The van der Waals surface area contributed by atoms with E-state index in [0.717, 1.165) is 0 Å². The van der Waals surface area contributed by atoms with Crippen LogP contribution < -0.4 is 0 Å². The molecule has 5 heteroatoms. The Labute approximate surface area is 151 Å². The van der Waals surface area contributed by atoms with Crippen LogP contribution >= 0.6 is 7.82 Å². The Morgan fingerprint density at radius 1 is 0.600 bits per heavy atom. The Kier molecular flexibility index (Phi) is 9.31. The van der Waals surface area contributed by atoms with Crippen molar-refractivity contribution in [2.75, 3.05) is 0 Å². The lowest BCUT2D eigenvalue weighted by atomic mass is 9.87. The molecule has 0 radical (unpaired) electrons. The summed E-state index contributed by atoms with van der Waals surface area (Å²) >= 11 is 0. The van der Waals surface area contributed by atoms with Crippen LogP contribution in [0.3, 0.4) is 0 Å². The van der Waals surface area contributed by atoms with E-state index >= 15 is 0 Å². The molecule has 0 atom stereocenters. The van der Waals surface area contributed by atoms with E-state index in [0.29, 0.717) is 10.8 Å². The smallest absolute Gasteiger partial charge is 0.303 e. The highest BCUT2D eigenvalue weighted by atomic mass is 31.2. The molecule has 0 amide bonds. The quantitative estimate of drug-likeness (QED) is 0.571. The summed E-state index contributed by atoms with van der Waals surface area (Å²) in [4.78, 5) is 21.6. The second-order valence-electron chi connectivity index (χ2n) is 7.75. The lowest BCUT2D eigenvalue weighted by Gasteiger charge is -2.18. The largest absolute Gasteiger partial charge is 0.466 e. The van der Waals surface area contributed by atoms with Crippen molar-refractivity contribution in [1.82, 2.24) is 0 Å². The van der Waals surface area contributed by atoms with Gasteiger partial charge in [0, 0.05) is 0 Å². The highest BCUT2D eigenvalue weighted by Crippen LogP contribution is 2.25. The van der Waals surface area contributed by atoms with Crippen molar-refractivity contribution in [3.63, 3.8) is 0 Å². The van der Waals surface area contributed by atoms with Crippen LogP contribution in [0.5, 0.6) is 0 Å². The first kappa shape index (κ1) is 23.5. The first-order chi connectivity index (χ1) is 11.2. The monoisotopic (exact) mass is 366 g/mol. The van der Waals surface area contributed by atoms with Gasteiger partial charge in [0.1, 0.15) is 0 Å². The molecule has 140 valence electrons. The van der Waals surface area contributed by atoms with Gasteiger partial charge >= 0.3 is 7.82 Å². The van der Waals surface area contributed by atoms with Crippen molar-refractivity contribution in [3.8, 4) is 0 Å². The van der Waals surface area contributed by atoms with Gasteiger partial charge in [0.05, 0.1) is 0 Å². The van der Waals surface area contributed by atoms with Gasteiger partial charge in [-0.3, -0.25) is 0 Å². The molecular weight excluding hydrogens is 335 g/mol. The molecule has 0 saturated heterocycles. The fraction of sp³-hybridized carbons (Fsp3) is 0.400. The Hall–Kier alpha value is -1.45. The van der Waals surface area contributed by atoms with E-state index in [1.54, 1.807) is 0 Å². The predicted molar refractivity (Wildman–Crippen MR) is 105 cm³/mol. The van der Waals surface area contributed by atoms with Crippen molar-refractivity contribution in [2.24, 2.45) is 0 Å². The van der Waals surface area contributed by atoms with Crippen LogP contribution in [0.4, 0.5) is 0 Å². The van der Waals surface area contributed by atoms with Crippen LogP contribution in [-0.2, 0) is 15.4 Å². The van der Waals surface area contributed by atoms with Gasteiger partial charge in [0.25, 0.3) is 0 Å². The van der Waals surface area contributed by atoms with Crippen LogP contribution in [0.25, 0.3) is 0 Å². The second kappa shape index (κ2) is 9.88. The fourth-order valence-electron chi connectivity index (χ4n) is 1.88. The maximum atomic E-state index is 8.88.